The number of carbonyl (C=O) groups excluding carboxylic acids is 4. The summed E-state index contributed by atoms with van der Waals surface area (Å²) in [5.74, 6) is -3.85. The quantitative estimate of drug-likeness (QED) is 0.413. The zero-order valence-electron chi connectivity index (χ0n) is 16.8. The molecule has 1 saturated heterocycles. The van der Waals surface area contributed by atoms with Crippen LogP contribution in [0, 0.1) is 29.1 Å². The van der Waals surface area contributed by atoms with Crippen LogP contribution in [-0.4, -0.2) is 42.0 Å². The van der Waals surface area contributed by atoms with E-state index < -0.39 is 53.5 Å². The molecule has 0 aromatic rings. The zero-order chi connectivity index (χ0) is 21.0. The first-order valence-electron chi connectivity index (χ1n) is 9.50. The highest BCUT2D eigenvalue weighted by Crippen LogP contribution is 2.55. The van der Waals surface area contributed by atoms with Gasteiger partial charge in [0.15, 0.2) is 5.78 Å². The Morgan fingerprint density at radius 2 is 1.89 bits per heavy atom. The largest absolute Gasteiger partial charge is 0.460 e. The lowest BCUT2D eigenvalue weighted by molar-refractivity contribution is -0.189. The minimum Gasteiger partial charge on any atom is -0.460 e. The van der Waals surface area contributed by atoms with E-state index in [1.807, 2.05) is 6.92 Å². The van der Waals surface area contributed by atoms with Crippen LogP contribution < -0.4 is 0 Å². The fourth-order valence-electron chi connectivity index (χ4n) is 4.72. The van der Waals surface area contributed by atoms with Crippen LogP contribution in [0.3, 0.4) is 0 Å². The summed E-state index contributed by atoms with van der Waals surface area (Å²) in [5, 5.41) is 0. The van der Waals surface area contributed by atoms with Crippen LogP contribution in [-0.2, 0) is 33.4 Å². The molecule has 0 spiro atoms. The highest BCUT2D eigenvalue weighted by atomic mass is 16.6. The average molecular weight is 390 g/mol. The van der Waals surface area contributed by atoms with E-state index in [2.05, 4.69) is 6.58 Å². The maximum absolute atomic E-state index is 13.0. The zero-order valence-corrected chi connectivity index (χ0v) is 16.8. The molecule has 7 heteroatoms. The normalized spacial score (nSPS) is 39.3. The minimum absolute atomic E-state index is 0.0397. The predicted octanol–water partition coefficient (Wildman–Crippen LogP) is 1.99. The Hall–Kier alpha value is -2.44. The molecule has 0 radical (unpaired) electrons. The molecular formula is C21H26O7. The van der Waals surface area contributed by atoms with Crippen molar-refractivity contribution in [1.29, 1.82) is 0 Å². The first kappa shape index (κ1) is 20.3. The SMILES string of the molecule is C=C1C(=O)OC2C(C)C3C=CC(=O)C3(C)C(OC(=O)C(C)C)C1C2OC(C)=O. The summed E-state index contributed by atoms with van der Waals surface area (Å²) >= 11 is 0. The molecule has 7 atom stereocenters. The van der Waals surface area contributed by atoms with Gasteiger partial charge >= 0.3 is 17.9 Å². The Labute approximate surface area is 164 Å². The van der Waals surface area contributed by atoms with Crippen molar-refractivity contribution in [2.45, 2.75) is 52.9 Å². The van der Waals surface area contributed by atoms with E-state index >= 15 is 0 Å². The smallest absolute Gasteiger partial charge is 0.334 e. The van der Waals surface area contributed by atoms with Crippen molar-refractivity contribution in [1.82, 2.24) is 0 Å². The first-order valence-corrected chi connectivity index (χ1v) is 9.50. The molecule has 3 aliphatic rings. The predicted molar refractivity (Wildman–Crippen MR) is 97.7 cm³/mol. The molecule has 0 N–H and O–H groups in total. The summed E-state index contributed by atoms with van der Waals surface area (Å²) in [6.45, 7) is 12.0. The molecule has 0 amide bonds. The third-order valence-electron chi connectivity index (χ3n) is 6.28. The monoisotopic (exact) mass is 390 g/mol. The Morgan fingerprint density at radius 1 is 1.25 bits per heavy atom. The van der Waals surface area contributed by atoms with Crippen LogP contribution in [0.2, 0.25) is 0 Å². The molecule has 0 aromatic carbocycles. The second-order valence-corrected chi connectivity index (χ2v) is 8.40. The molecule has 2 fully saturated rings. The van der Waals surface area contributed by atoms with Crippen molar-refractivity contribution >= 4 is 23.7 Å². The van der Waals surface area contributed by atoms with Gasteiger partial charge in [-0.2, -0.15) is 0 Å². The standard InChI is InChI=1S/C21H26O7/c1-9(2)19(24)28-18-15-11(4)20(25)27-16(17(15)26-12(5)22)10(3)13-7-8-14(23)21(13,18)6/h7-10,13,15-18H,4H2,1-3,5-6H3. The number of fused-ring (bicyclic) bond motifs is 3. The summed E-state index contributed by atoms with van der Waals surface area (Å²) in [6, 6.07) is 0. The number of allylic oxidation sites excluding steroid dienone is 2. The van der Waals surface area contributed by atoms with Gasteiger partial charge in [0.2, 0.25) is 0 Å². The van der Waals surface area contributed by atoms with Gasteiger partial charge in [-0.05, 0) is 18.9 Å². The highest BCUT2D eigenvalue weighted by Gasteiger charge is 2.65. The van der Waals surface area contributed by atoms with E-state index in [-0.39, 0.29) is 23.2 Å². The molecule has 1 heterocycles. The van der Waals surface area contributed by atoms with Crippen LogP contribution in [0.15, 0.2) is 24.3 Å². The minimum atomic E-state index is -1.11. The Kier molecular flexibility index (Phi) is 4.98. The fourth-order valence-corrected chi connectivity index (χ4v) is 4.72. The van der Waals surface area contributed by atoms with Gasteiger partial charge in [-0.3, -0.25) is 14.4 Å². The van der Waals surface area contributed by atoms with Gasteiger partial charge in [0, 0.05) is 18.4 Å². The number of esters is 3. The van der Waals surface area contributed by atoms with Gasteiger partial charge in [0.25, 0.3) is 0 Å². The molecule has 3 rings (SSSR count). The molecule has 7 unspecified atom stereocenters. The first-order chi connectivity index (χ1) is 13.0. The summed E-state index contributed by atoms with van der Waals surface area (Å²) in [7, 11) is 0. The second kappa shape index (κ2) is 6.87. The number of hydrogen-bond donors (Lipinski definition) is 0. The topological polar surface area (TPSA) is 96.0 Å². The lowest BCUT2D eigenvalue weighted by Crippen LogP contribution is -2.55. The average Bonchev–Trinajstić information content (AvgIpc) is 2.89. The van der Waals surface area contributed by atoms with E-state index in [0.717, 1.165) is 0 Å². The van der Waals surface area contributed by atoms with Crippen molar-refractivity contribution in [3.05, 3.63) is 24.3 Å². The van der Waals surface area contributed by atoms with Gasteiger partial charge < -0.3 is 14.2 Å². The molecule has 2 bridgehead atoms. The molecule has 152 valence electrons. The van der Waals surface area contributed by atoms with Crippen molar-refractivity contribution in [3.63, 3.8) is 0 Å². The fraction of sp³-hybridized carbons (Fsp3) is 0.619. The van der Waals surface area contributed by atoms with Crippen LogP contribution in [0.5, 0.6) is 0 Å². The molecule has 7 nitrogen and oxygen atoms in total. The second-order valence-electron chi connectivity index (χ2n) is 8.40. The molecule has 2 aliphatic carbocycles. The van der Waals surface area contributed by atoms with Crippen molar-refractivity contribution in [2.75, 3.05) is 0 Å². The van der Waals surface area contributed by atoms with Crippen molar-refractivity contribution in [3.8, 4) is 0 Å². The van der Waals surface area contributed by atoms with Crippen LogP contribution in [0.1, 0.15) is 34.6 Å². The number of carbonyl (C=O) groups is 4. The highest BCUT2D eigenvalue weighted by molar-refractivity contribution is 5.99. The van der Waals surface area contributed by atoms with E-state index in [1.165, 1.54) is 13.0 Å². The van der Waals surface area contributed by atoms with Gasteiger partial charge in [-0.1, -0.05) is 33.4 Å². The summed E-state index contributed by atoms with van der Waals surface area (Å²) in [4.78, 5) is 49.8. The summed E-state index contributed by atoms with van der Waals surface area (Å²) in [6.07, 6.45) is 0.600. The van der Waals surface area contributed by atoms with Crippen molar-refractivity contribution in [2.24, 2.45) is 29.1 Å². The van der Waals surface area contributed by atoms with Crippen LogP contribution in [0.25, 0.3) is 0 Å². The Balaban J connectivity index is 2.20. The van der Waals surface area contributed by atoms with E-state index in [0.29, 0.717) is 0 Å². The lowest BCUT2D eigenvalue weighted by Gasteiger charge is -2.42. The summed E-state index contributed by atoms with van der Waals surface area (Å²) < 4.78 is 16.9. The molecule has 28 heavy (non-hydrogen) atoms. The summed E-state index contributed by atoms with van der Waals surface area (Å²) in [5.41, 5.74) is -1.07. The molecule has 1 saturated carbocycles. The van der Waals surface area contributed by atoms with Crippen LogP contribution >= 0.6 is 0 Å². The molecular weight excluding hydrogens is 364 g/mol. The van der Waals surface area contributed by atoms with Crippen molar-refractivity contribution < 1.29 is 33.4 Å². The van der Waals surface area contributed by atoms with Crippen LogP contribution in [0.4, 0.5) is 0 Å². The maximum atomic E-state index is 13.0. The third-order valence-corrected chi connectivity index (χ3v) is 6.28. The maximum Gasteiger partial charge on any atom is 0.334 e. The van der Waals surface area contributed by atoms with E-state index in [9.17, 15) is 19.2 Å². The molecule has 0 aromatic heterocycles. The molecule has 1 aliphatic heterocycles. The third kappa shape index (κ3) is 2.88. The van der Waals surface area contributed by atoms with Gasteiger partial charge in [0.05, 0.1) is 17.3 Å². The van der Waals surface area contributed by atoms with Gasteiger partial charge in [-0.15, -0.1) is 0 Å². The van der Waals surface area contributed by atoms with E-state index in [1.54, 1.807) is 26.8 Å². The van der Waals surface area contributed by atoms with Gasteiger partial charge in [-0.25, -0.2) is 4.79 Å². The van der Waals surface area contributed by atoms with E-state index in [4.69, 9.17) is 14.2 Å². The van der Waals surface area contributed by atoms with Gasteiger partial charge in [0.1, 0.15) is 18.3 Å². The number of ether oxygens (including phenoxy) is 3. The lowest BCUT2D eigenvalue weighted by atomic mass is 9.67. The Morgan fingerprint density at radius 3 is 2.46 bits per heavy atom. The number of hydrogen-bond acceptors (Lipinski definition) is 7. The Bertz CT molecular complexity index is 780. The number of rotatable bonds is 3. The number of ketones is 1.